The van der Waals surface area contributed by atoms with Crippen LogP contribution in [0, 0.1) is 11.8 Å². The highest BCUT2D eigenvalue weighted by Crippen LogP contribution is 2.36. The van der Waals surface area contributed by atoms with Crippen LogP contribution in [0.3, 0.4) is 0 Å². The summed E-state index contributed by atoms with van der Waals surface area (Å²) < 4.78 is 10.9. The second-order valence-electron chi connectivity index (χ2n) is 7.48. The highest BCUT2D eigenvalue weighted by Gasteiger charge is 2.14. The number of amides is 1. The predicted octanol–water partition coefficient (Wildman–Crippen LogP) is 3.84. The summed E-state index contributed by atoms with van der Waals surface area (Å²) in [5.41, 5.74) is 9.01. The summed E-state index contributed by atoms with van der Waals surface area (Å²) >= 11 is 0. The Bertz CT molecular complexity index is 1460. The van der Waals surface area contributed by atoms with Crippen molar-refractivity contribution in [2.45, 2.75) is 19.4 Å². The van der Waals surface area contributed by atoms with E-state index < -0.39 is 12.1 Å². The molecular formula is C25H23N5O4. The molecule has 0 aliphatic rings. The number of fused-ring (bicyclic) bond motifs is 3. The quantitative estimate of drug-likeness (QED) is 0.304. The summed E-state index contributed by atoms with van der Waals surface area (Å²) in [5.74, 6) is 7.41. The van der Waals surface area contributed by atoms with Gasteiger partial charge in [-0.2, -0.15) is 0 Å². The van der Waals surface area contributed by atoms with Crippen molar-refractivity contribution in [3.63, 3.8) is 0 Å². The third kappa shape index (κ3) is 4.47. The molecule has 3 heterocycles. The zero-order valence-electron chi connectivity index (χ0n) is 18.9. The number of carboxylic acid groups (broad SMARTS) is 1. The molecule has 0 aliphatic heterocycles. The minimum absolute atomic E-state index is 0.338. The van der Waals surface area contributed by atoms with Gasteiger partial charge in [-0.1, -0.05) is 18.8 Å². The standard InChI is InChI=1S/C25H23N5O4/c1-4-16(29-25(31)32)6-5-14-7-15(12-27-11-14)20-8-17-18-9-22(33-2)23(34-3)10-21(18)28-13-19(17)24(26)30-20/h7-13,16,29H,4H2,1-3H3,(H2,26,30)(H,31,32)/t16-/m1/s1. The SMILES string of the molecule is CC[C@H](C#Cc1cncc(-c2cc3c(cnc4cc(OC)c(OC)cc43)c(N)n2)c1)NC(=O)O. The molecule has 1 aromatic carbocycles. The number of nitrogens with two attached hydrogens (primary N) is 1. The van der Waals surface area contributed by atoms with Crippen LogP contribution in [0.15, 0.2) is 42.9 Å². The van der Waals surface area contributed by atoms with Crippen molar-refractivity contribution in [3.8, 4) is 34.6 Å². The monoisotopic (exact) mass is 457 g/mol. The summed E-state index contributed by atoms with van der Waals surface area (Å²) in [6.45, 7) is 1.86. The van der Waals surface area contributed by atoms with Crippen LogP contribution in [0.5, 0.6) is 11.5 Å². The first kappa shape index (κ1) is 22.6. The molecule has 172 valence electrons. The highest BCUT2D eigenvalue weighted by molar-refractivity contribution is 6.10. The van der Waals surface area contributed by atoms with Crippen molar-refractivity contribution < 1.29 is 19.4 Å². The summed E-state index contributed by atoms with van der Waals surface area (Å²) in [6.07, 6.45) is 4.42. The van der Waals surface area contributed by atoms with Crippen molar-refractivity contribution in [2.24, 2.45) is 0 Å². The van der Waals surface area contributed by atoms with Gasteiger partial charge in [0.2, 0.25) is 0 Å². The number of benzene rings is 1. The number of pyridine rings is 3. The molecule has 1 amide bonds. The van der Waals surface area contributed by atoms with Crippen LogP contribution >= 0.6 is 0 Å². The molecule has 0 spiro atoms. The fraction of sp³-hybridized carbons (Fsp3) is 0.200. The Kier molecular flexibility index (Phi) is 6.32. The van der Waals surface area contributed by atoms with E-state index in [0.29, 0.717) is 35.0 Å². The first-order valence-corrected chi connectivity index (χ1v) is 10.5. The molecule has 0 unspecified atom stereocenters. The highest BCUT2D eigenvalue weighted by atomic mass is 16.5. The Morgan fingerprint density at radius 3 is 2.56 bits per heavy atom. The smallest absolute Gasteiger partial charge is 0.405 e. The predicted molar refractivity (Wildman–Crippen MR) is 130 cm³/mol. The van der Waals surface area contributed by atoms with Crippen LogP contribution in [0.25, 0.3) is 32.9 Å². The fourth-order valence-corrected chi connectivity index (χ4v) is 3.61. The van der Waals surface area contributed by atoms with Crippen molar-refractivity contribution >= 4 is 33.6 Å². The molecule has 0 saturated carbocycles. The summed E-state index contributed by atoms with van der Waals surface area (Å²) in [4.78, 5) is 24.2. The van der Waals surface area contributed by atoms with Gasteiger partial charge in [0.25, 0.3) is 0 Å². The second kappa shape index (κ2) is 9.50. The van der Waals surface area contributed by atoms with Crippen molar-refractivity contribution in [1.29, 1.82) is 0 Å². The molecule has 0 radical (unpaired) electrons. The Hall–Kier alpha value is -4.58. The van der Waals surface area contributed by atoms with Crippen LogP contribution in [-0.4, -0.2) is 46.4 Å². The Morgan fingerprint density at radius 1 is 1.09 bits per heavy atom. The van der Waals surface area contributed by atoms with Gasteiger partial charge in [0.15, 0.2) is 11.5 Å². The summed E-state index contributed by atoms with van der Waals surface area (Å²) in [7, 11) is 3.16. The van der Waals surface area contributed by atoms with E-state index in [0.717, 1.165) is 27.2 Å². The van der Waals surface area contributed by atoms with E-state index in [1.54, 1.807) is 32.8 Å². The van der Waals surface area contributed by atoms with E-state index >= 15 is 0 Å². The van der Waals surface area contributed by atoms with Crippen molar-refractivity contribution in [1.82, 2.24) is 20.3 Å². The van der Waals surface area contributed by atoms with Gasteiger partial charge in [-0.3, -0.25) is 9.97 Å². The number of anilines is 1. The number of carbonyl (C=O) groups is 1. The molecule has 4 N–H and O–H groups in total. The topological polar surface area (TPSA) is 132 Å². The largest absolute Gasteiger partial charge is 0.493 e. The minimum atomic E-state index is -1.11. The normalized spacial score (nSPS) is 11.5. The van der Waals surface area contributed by atoms with Gasteiger partial charge in [-0.15, -0.1) is 0 Å². The first-order chi connectivity index (χ1) is 16.4. The molecule has 4 rings (SSSR count). The van der Waals surface area contributed by atoms with Gasteiger partial charge in [-0.05, 0) is 30.0 Å². The molecule has 0 saturated heterocycles. The Morgan fingerprint density at radius 2 is 1.85 bits per heavy atom. The van der Waals surface area contributed by atoms with Crippen molar-refractivity contribution in [2.75, 3.05) is 20.0 Å². The zero-order valence-corrected chi connectivity index (χ0v) is 18.9. The lowest BCUT2D eigenvalue weighted by Gasteiger charge is -2.12. The summed E-state index contributed by atoms with van der Waals surface area (Å²) in [5, 5.41) is 13.7. The Labute approximate surface area is 196 Å². The Balaban J connectivity index is 1.82. The summed E-state index contributed by atoms with van der Waals surface area (Å²) in [6, 6.07) is 6.98. The maximum atomic E-state index is 10.9. The van der Waals surface area contributed by atoms with Gasteiger partial charge in [-0.25, -0.2) is 9.78 Å². The maximum absolute atomic E-state index is 10.9. The average Bonchev–Trinajstić information content (AvgIpc) is 2.85. The first-order valence-electron chi connectivity index (χ1n) is 10.5. The van der Waals surface area contributed by atoms with Gasteiger partial charge in [0.1, 0.15) is 5.82 Å². The van der Waals surface area contributed by atoms with Gasteiger partial charge in [0.05, 0.1) is 31.5 Å². The van der Waals surface area contributed by atoms with E-state index in [4.69, 9.17) is 20.3 Å². The van der Waals surface area contributed by atoms with E-state index in [-0.39, 0.29) is 0 Å². The van der Waals surface area contributed by atoms with E-state index in [9.17, 15) is 4.79 Å². The van der Waals surface area contributed by atoms with Crippen LogP contribution in [0.4, 0.5) is 10.6 Å². The second-order valence-corrected chi connectivity index (χ2v) is 7.48. The number of hydrogen-bond donors (Lipinski definition) is 3. The average molecular weight is 457 g/mol. The number of nitrogen functional groups attached to an aromatic ring is 1. The zero-order chi connectivity index (χ0) is 24.2. The van der Waals surface area contributed by atoms with Crippen LogP contribution in [0.1, 0.15) is 18.9 Å². The fourth-order valence-electron chi connectivity index (χ4n) is 3.61. The lowest BCUT2D eigenvalue weighted by Crippen LogP contribution is -2.31. The lowest BCUT2D eigenvalue weighted by atomic mass is 10.0. The van der Waals surface area contributed by atoms with E-state index in [2.05, 4.69) is 32.1 Å². The molecule has 9 nitrogen and oxygen atoms in total. The van der Waals surface area contributed by atoms with E-state index in [1.165, 1.54) is 0 Å². The van der Waals surface area contributed by atoms with Crippen LogP contribution in [-0.2, 0) is 0 Å². The number of aromatic nitrogens is 3. The molecule has 0 aliphatic carbocycles. The molecular weight excluding hydrogens is 434 g/mol. The van der Waals surface area contributed by atoms with E-state index in [1.807, 2.05) is 31.2 Å². The lowest BCUT2D eigenvalue weighted by molar-refractivity contribution is 0.192. The number of methoxy groups -OCH3 is 2. The number of nitrogens with zero attached hydrogens (tertiary/aromatic N) is 3. The number of nitrogens with one attached hydrogen (secondary N) is 1. The third-order valence-corrected chi connectivity index (χ3v) is 5.34. The molecule has 3 aromatic heterocycles. The number of hydrogen-bond acceptors (Lipinski definition) is 7. The molecule has 1 atom stereocenters. The molecule has 9 heteroatoms. The molecule has 0 fully saturated rings. The molecule has 0 bridgehead atoms. The third-order valence-electron chi connectivity index (χ3n) is 5.34. The van der Waals surface area contributed by atoms with Crippen molar-refractivity contribution in [3.05, 3.63) is 48.4 Å². The molecule has 34 heavy (non-hydrogen) atoms. The number of rotatable bonds is 5. The van der Waals surface area contributed by atoms with Gasteiger partial charge < -0.3 is 25.6 Å². The van der Waals surface area contributed by atoms with Crippen LogP contribution < -0.4 is 20.5 Å². The van der Waals surface area contributed by atoms with Gasteiger partial charge >= 0.3 is 6.09 Å². The number of ether oxygens (including phenoxy) is 2. The maximum Gasteiger partial charge on any atom is 0.405 e. The minimum Gasteiger partial charge on any atom is -0.493 e. The van der Waals surface area contributed by atoms with Gasteiger partial charge in [0, 0.05) is 46.6 Å². The van der Waals surface area contributed by atoms with Crippen LogP contribution in [0.2, 0.25) is 0 Å². The molecule has 4 aromatic rings.